The van der Waals surface area contributed by atoms with E-state index in [1.165, 1.54) is 0 Å². The van der Waals surface area contributed by atoms with Crippen LogP contribution >= 0.6 is 11.6 Å². The van der Waals surface area contributed by atoms with Gasteiger partial charge in [0, 0.05) is 36.9 Å². The molecule has 0 bridgehead atoms. The zero-order valence-corrected chi connectivity index (χ0v) is 8.44. The molecule has 1 unspecified atom stereocenters. The second-order valence-corrected chi connectivity index (χ2v) is 3.74. The van der Waals surface area contributed by atoms with Gasteiger partial charge in [-0.3, -0.25) is 9.78 Å². The number of carbonyl (C=O) groups is 1. The number of hydrogen-bond donors (Lipinski definition) is 0. The normalized spacial score (nSPS) is 21.6. The van der Waals surface area contributed by atoms with Gasteiger partial charge < -0.3 is 4.90 Å². The zero-order valence-electron chi connectivity index (χ0n) is 7.69. The summed E-state index contributed by atoms with van der Waals surface area (Å²) in [4.78, 5) is 17.3. The van der Waals surface area contributed by atoms with Crippen LogP contribution in [-0.2, 0) is 4.79 Å². The van der Waals surface area contributed by atoms with E-state index in [1.54, 1.807) is 17.3 Å². The number of amides is 1. The molecule has 14 heavy (non-hydrogen) atoms. The summed E-state index contributed by atoms with van der Waals surface area (Å²) in [5.41, 5.74) is 0.914. The standard InChI is InChI=1S/C10H11ClN2O/c11-6-8-5-10(14)13(7-8)9-1-3-12-4-2-9/h1-4,8H,5-7H2. The van der Waals surface area contributed by atoms with Crippen LogP contribution in [0.3, 0.4) is 0 Å². The summed E-state index contributed by atoms with van der Waals surface area (Å²) < 4.78 is 0. The van der Waals surface area contributed by atoms with Crippen LogP contribution in [0.5, 0.6) is 0 Å². The SMILES string of the molecule is O=C1CC(CCl)CN1c1ccncc1. The van der Waals surface area contributed by atoms with Gasteiger partial charge in [0.2, 0.25) is 5.91 Å². The molecule has 1 aromatic heterocycles. The Kier molecular flexibility index (Phi) is 2.68. The molecule has 1 fully saturated rings. The van der Waals surface area contributed by atoms with Gasteiger partial charge in [-0.25, -0.2) is 0 Å². The van der Waals surface area contributed by atoms with Crippen molar-refractivity contribution in [3.63, 3.8) is 0 Å². The molecule has 1 saturated heterocycles. The molecular weight excluding hydrogens is 200 g/mol. The lowest BCUT2D eigenvalue weighted by Gasteiger charge is -2.15. The molecule has 2 rings (SSSR count). The molecule has 0 spiro atoms. The van der Waals surface area contributed by atoms with Crippen molar-refractivity contribution < 1.29 is 4.79 Å². The van der Waals surface area contributed by atoms with Crippen molar-refractivity contribution in [2.75, 3.05) is 17.3 Å². The fraction of sp³-hybridized carbons (Fsp3) is 0.400. The van der Waals surface area contributed by atoms with Crippen LogP contribution in [0, 0.1) is 5.92 Å². The number of anilines is 1. The summed E-state index contributed by atoms with van der Waals surface area (Å²) in [6.07, 6.45) is 3.94. The number of halogens is 1. The van der Waals surface area contributed by atoms with Crippen molar-refractivity contribution in [3.8, 4) is 0 Å². The van der Waals surface area contributed by atoms with E-state index in [0.29, 0.717) is 12.3 Å². The first-order valence-electron chi connectivity index (χ1n) is 4.57. The molecule has 0 saturated carbocycles. The third kappa shape index (κ3) is 1.73. The number of pyridine rings is 1. The average molecular weight is 211 g/mol. The maximum absolute atomic E-state index is 11.6. The second-order valence-electron chi connectivity index (χ2n) is 3.43. The first kappa shape index (κ1) is 9.46. The van der Waals surface area contributed by atoms with Gasteiger partial charge >= 0.3 is 0 Å². The molecule has 1 aliphatic heterocycles. The number of rotatable bonds is 2. The summed E-state index contributed by atoms with van der Waals surface area (Å²) in [5, 5.41) is 0. The molecule has 74 valence electrons. The zero-order chi connectivity index (χ0) is 9.97. The topological polar surface area (TPSA) is 33.2 Å². The van der Waals surface area contributed by atoms with Crippen molar-refractivity contribution in [2.45, 2.75) is 6.42 Å². The molecule has 1 atom stereocenters. The van der Waals surface area contributed by atoms with Gasteiger partial charge in [-0.05, 0) is 18.1 Å². The van der Waals surface area contributed by atoms with E-state index in [0.717, 1.165) is 12.2 Å². The van der Waals surface area contributed by atoms with Gasteiger partial charge in [0.15, 0.2) is 0 Å². The minimum Gasteiger partial charge on any atom is -0.312 e. The number of nitrogens with zero attached hydrogens (tertiary/aromatic N) is 2. The quantitative estimate of drug-likeness (QED) is 0.696. The summed E-state index contributed by atoms with van der Waals surface area (Å²) >= 11 is 5.73. The van der Waals surface area contributed by atoms with Gasteiger partial charge in [0.25, 0.3) is 0 Å². The number of aromatic nitrogens is 1. The van der Waals surface area contributed by atoms with Crippen molar-refractivity contribution in [3.05, 3.63) is 24.5 Å². The molecule has 0 radical (unpaired) electrons. The number of alkyl halides is 1. The molecule has 3 nitrogen and oxygen atoms in total. The monoisotopic (exact) mass is 210 g/mol. The lowest BCUT2D eigenvalue weighted by atomic mass is 10.1. The molecule has 0 aliphatic carbocycles. The predicted octanol–water partition coefficient (Wildman–Crippen LogP) is 1.67. The fourth-order valence-electron chi connectivity index (χ4n) is 1.66. The highest BCUT2D eigenvalue weighted by atomic mass is 35.5. The summed E-state index contributed by atoms with van der Waals surface area (Å²) in [6, 6.07) is 3.68. The van der Waals surface area contributed by atoms with Crippen molar-refractivity contribution in [1.29, 1.82) is 0 Å². The highest BCUT2D eigenvalue weighted by molar-refractivity contribution is 6.18. The van der Waals surface area contributed by atoms with Gasteiger partial charge in [-0.15, -0.1) is 11.6 Å². The smallest absolute Gasteiger partial charge is 0.227 e. The van der Waals surface area contributed by atoms with Crippen LogP contribution in [0.1, 0.15) is 6.42 Å². The van der Waals surface area contributed by atoms with E-state index < -0.39 is 0 Å². The molecular formula is C10H11ClN2O. The molecule has 1 aliphatic rings. The molecule has 1 amide bonds. The lowest BCUT2D eigenvalue weighted by molar-refractivity contribution is -0.117. The Labute approximate surface area is 87.7 Å². The van der Waals surface area contributed by atoms with Gasteiger partial charge in [-0.1, -0.05) is 0 Å². The minimum atomic E-state index is 0.154. The van der Waals surface area contributed by atoms with Crippen LogP contribution < -0.4 is 4.90 Å². The van der Waals surface area contributed by atoms with Crippen LogP contribution in [0.4, 0.5) is 5.69 Å². The Morgan fingerprint density at radius 1 is 1.50 bits per heavy atom. The van der Waals surface area contributed by atoms with E-state index >= 15 is 0 Å². The predicted molar refractivity (Wildman–Crippen MR) is 55.4 cm³/mol. The van der Waals surface area contributed by atoms with Gasteiger partial charge in [-0.2, -0.15) is 0 Å². The molecule has 1 aromatic rings. The van der Waals surface area contributed by atoms with Crippen LogP contribution in [0.15, 0.2) is 24.5 Å². The third-order valence-corrected chi connectivity index (χ3v) is 2.83. The third-order valence-electron chi connectivity index (χ3n) is 2.40. The Morgan fingerprint density at radius 3 is 2.79 bits per heavy atom. The van der Waals surface area contributed by atoms with Gasteiger partial charge in [0.1, 0.15) is 0 Å². The van der Waals surface area contributed by atoms with E-state index in [4.69, 9.17) is 11.6 Å². The largest absolute Gasteiger partial charge is 0.312 e. The Hall–Kier alpha value is -1.09. The Balaban J connectivity index is 2.17. The molecule has 2 heterocycles. The summed E-state index contributed by atoms with van der Waals surface area (Å²) in [7, 11) is 0. The van der Waals surface area contributed by atoms with Crippen LogP contribution in [-0.4, -0.2) is 23.3 Å². The lowest BCUT2D eigenvalue weighted by Crippen LogP contribution is -2.24. The summed E-state index contributed by atoms with van der Waals surface area (Å²) in [5.74, 6) is 0.993. The Morgan fingerprint density at radius 2 is 2.21 bits per heavy atom. The van der Waals surface area contributed by atoms with Crippen molar-refractivity contribution in [1.82, 2.24) is 4.98 Å². The Bertz CT molecular complexity index is 328. The van der Waals surface area contributed by atoms with Crippen molar-refractivity contribution in [2.24, 2.45) is 5.92 Å². The fourth-order valence-corrected chi connectivity index (χ4v) is 1.87. The number of carbonyl (C=O) groups excluding carboxylic acids is 1. The average Bonchev–Trinajstić information content (AvgIpc) is 2.61. The summed E-state index contributed by atoms with van der Waals surface area (Å²) in [6.45, 7) is 0.729. The number of hydrogen-bond acceptors (Lipinski definition) is 2. The van der Waals surface area contributed by atoms with E-state index in [1.807, 2.05) is 12.1 Å². The van der Waals surface area contributed by atoms with Crippen LogP contribution in [0.2, 0.25) is 0 Å². The first-order valence-corrected chi connectivity index (χ1v) is 5.11. The maximum atomic E-state index is 11.6. The highest BCUT2D eigenvalue weighted by Gasteiger charge is 2.29. The van der Waals surface area contributed by atoms with Crippen molar-refractivity contribution >= 4 is 23.2 Å². The molecule has 0 aromatic carbocycles. The van der Waals surface area contributed by atoms with Crippen LogP contribution in [0.25, 0.3) is 0 Å². The maximum Gasteiger partial charge on any atom is 0.227 e. The first-order chi connectivity index (χ1) is 6.81. The highest BCUT2D eigenvalue weighted by Crippen LogP contribution is 2.24. The molecule has 0 N–H and O–H groups in total. The van der Waals surface area contributed by atoms with E-state index in [9.17, 15) is 4.79 Å². The van der Waals surface area contributed by atoms with Gasteiger partial charge in [0.05, 0.1) is 0 Å². The minimum absolute atomic E-state index is 0.154. The molecule has 4 heteroatoms. The van der Waals surface area contributed by atoms with E-state index in [-0.39, 0.29) is 11.8 Å². The second kappa shape index (κ2) is 3.96. The van der Waals surface area contributed by atoms with E-state index in [2.05, 4.69) is 4.98 Å².